The van der Waals surface area contributed by atoms with Crippen LogP contribution in [0.5, 0.6) is 0 Å². The minimum Gasteiger partial charge on any atom is -0.399 e. The number of carbonyl (C=O) groups excluding carboxylic acids is 1. The van der Waals surface area contributed by atoms with Gasteiger partial charge in [0.15, 0.2) is 0 Å². The van der Waals surface area contributed by atoms with Crippen LogP contribution in [-0.2, 0) is 6.42 Å². The van der Waals surface area contributed by atoms with Gasteiger partial charge in [0.1, 0.15) is 0 Å². The standard InChI is InChI=1S/C18H21N3O/c1-13(21-10-9-14-5-2-3-8-17(14)21)12-20-18(22)15-6-4-7-16(19)11-15/h2-8,11,13H,9-10,12,19H2,1H3,(H,20,22). The second-order valence-electron chi connectivity index (χ2n) is 5.76. The van der Waals surface area contributed by atoms with Crippen molar-refractivity contribution in [3.05, 3.63) is 59.7 Å². The Morgan fingerprint density at radius 1 is 1.27 bits per heavy atom. The van der Waals surface area contributed by atoms with E-state index in [9.17, 15) is 4.79 Å². The predicted molar refractivity (Wildman–Crippen MR) is 90.1 cm³/mol. The highest BCUT2D eigenvalue weighted by molar-refractivity contribution is 5.95. The van der Waals surface area contributed by atoms with Crippen LogP contribution in [0.2, 0.25) is 0 Å². The van der Waals surface area contributed by atoms with Gasteiger partial charge in [0.25, 0.3) is 5.91 Å². The van der Waals surface area contributed by atoms with Gasteiger partial charge in [0, 0.05) is 36.1 Å². The Kier molecular flexibility index (Phi) is 4.00. The van der Waals surface area contributed by atoms with E-state index in [1.807, 2.05) is 0 Å². The Balaban J connectivity index is 1.61. The molecule has 1 amide bonds. The van der Waals surface area contributed by atoms with E-state index in [0.29, 0.717) is 17.8 Å². The van der Waals surface area contributed by atoms with Crippen molar-refractivity contribution in [1.82, 2.24) is 5.32 Å². The monoisotopic (exact) mass is 295 g/mol. The number of fused-ring (bicyclic) bond motifs is 1. The van der Waals surface area contributed by atoms with E-state index in [0.717, 1.165) is 13.0 Å². The number of amides is 1. The van der Waals surface area contributed by atoms with Gasteiger partial charge in [-0.05, 0) is 43.2 Å². The van der Waals surface area contributed by atoms with E-state index in [1.165, 1.54) is 11.3 Å². The van der Waals surface area contributed by atoms with E-state index in [2.05, 4.69) is 41.4 Å². The maximum atomic E-state index is 12.2. The third-order valence-corrected chi connectivity index (χ3v) is 4.16. The van der Waals surface area contributed by atoms with E-state index in [1.54, 1.807) is 24.3 Å². The first-order chi connectivity index (χ1) is 10.6. The molecule has 1 aliphatic rings. The van der Waals surface area contributed by atoms with E-state index in [-0.39, 0.29) is 11.9 Å². The maximum Gasteiger partial charge on any atom is 0.251 e. The summed E-state index contributed by atoms with van der Waals surface area (Å²) in [6.45, 7) is 3.76. The molecule has 114 valence electrons. The number of para-hydroxylation sites is 1. The van der Waals surface area contributed by atoms with Crippen LogP contribution >= 0.6 is 0 Å². The van der Waals surface area contributed by atoms with Gasteiger partial charge in [-0.3, -0.25) is 4.79 Å². The Bertz CT molecular complexity index is 684. The number of nitrogens with one attached hydrogen (secondary N) is 1. The average molecular weight is 295 g/mol. The molecule has 0 spiro atoms. The molecule has 4 heteroatoms. The molecule has 1 unspecified atom stereocenters. The Labute approximate surface area is 130 Å². The molecule has 0 aliphatic carbocycles. The lowest BCUT2D eigenvalue weighted by Gasteiger charge is -2.27. The summed E-state index contributed by atoms with van der Waals surface area (Å²) in [5.74, 6) is -0.0772. The zero-order valence-electron chi connectivity index (χ0n) is 12.8. The van der Waals surface area contributed by atoms with Crippen LogP contribution in [-0.4, -0.2) is 25.0 Å². The van der Waals surface area contributed by atoms with Crippen LogP contribution in [0, 0.1) is 0 Å². The summed E-state index contributed by atoms with van der Waals surface area (Å²) in [6.07, 6.45) is 1.07. The summed E-state index contributed by atoms with van der Waals surface area (Å²) in [7, 11) is 0. The normalized spacial score (nSPS) is 14.5. The van der Waals surface area contributed by atoms with Crippen molar-refractivity contribution in [3.63, 3.8) is 0 Å². The van der Waals surface area contributed by atoms with Crippen molar-refractivity contribution >= 4 is 17.3 Å². The molecule has 2 aromatic carbocycles. The zero-order chi connectivity index (χ0) is 15.5. The molecule has 3 rings (SSSR count). The second kappa shape index (κ2) is 6.10. The van der Waals surface area contributed by atoms with Gasteiger partial charge in [-0.25, -0.2) is 0 Å². The number of nitrogens with zero attached hydrogens (tertiary/aromatic N) is 1. The first-order valence-corrected chi connectivity index (χ1v) is 7.63. The number of carbonyl (C=O) groups is 1. The smallest absolute Gasteiger partial charge is 0.251 e. The van der Waals surface area contributed by atoms with E-state index in [4.69, 9.17) is 5.73 Å². The van der Waals surface area contributed by atoms with Gasteiger partial charge in [0.05, 0.1) is 0 Å². The Hall–Kier alpha value is -2.49. The summed E-state index contributed by atoms with van der Waals surface area (Å²) in [6, 6.07) is 15.8. The molecule has 1 aliphatic heterocycles. The van der Waals surface area contributed by atoms with Crippen molar-refractivity contribution in [2.75, 3.05) is 23.7 Å². The quantitative estimate of drug-likeness (QED) is 0.852. The number of hydrogen-bond donors (Lipinski definition) is 2. The highest BCUT2D eigenvalue weighted by Crippen LogP contribution is 2.28. The first-order valence-electron chi connectivity index (χ1n) is 7.63. The van der Waals surface area contributed by atoms with Gasteiger partial charge in [-0.1, -0.05) is 24.3 Å². The highest BCUT2D eigenvalue weighted by atomic mass is 16.1. The Morgan fingerprint density at radius 2 is 2.09 bits per heavy atom. The molecule has 0 bridgehead atoms. The zero-order valence-corrected chi connectivity index (χ0v) is 12.8. The van der Waals surface area contributed by atoms with Crippen molar-refractivity contribution in [2.45, 2.75) is 19.4 Å². The molecular formula is C18H21N3O. The number of rotatable bonds is 4. The molecule has 0 aromatic heterocycles. The van der Waals surface area contributed by atoms with Gasteiger partial charge < -0.3 is 16.0 Å². The third-order valence-electron chi connectivity index (χ3n) is 4.16. The molecule has 0 saturated carbocycles. The van der Waals surface area contributed by atoms with Gasteiger partial charge in [-0.15, -0.1) is 0 Å². The van der Waals surface area contributed by atoms with Crippen LogP contribution in [0.4, 0.5) is 11.4 Å². The molecule has 0 radical (unpaired) electrons. The van der Waals surface area contributed by atoms with Crippen LogP contribution in [0.25, 0.3) is 0 Å². The largest absolute Gasteiger partial charge is 0.399 e. The van der Waals surface area contributed by atoms with Crippen molar-refractivity contribution in [2.24, 2.45) is 0 Å². The number of anilines is 2. The highest BCUT2D eigenvalue weighted by Gasteiger charge is 2.23. The average Bonchev–Trinajstić information content (AvgIpc) is 2.96. The fraction of sp³-hybridized carbons (Fsp3) is 0.278. The molecule has 0 fully saturated rings. The third kappa shape index (κ3) is 2.91. The molecule has 1 atom stereocenters. The van der Waals surface area contributed by atoms with Gasteiger partial charge in [0.2, 0.25) is 0 Å². The van der Waals surface area contributed by atoms with Crippen molar-refractivity contribution in [1.29, 1.82) is 0 Å². The lowest BCUT2D eigenvalue weighted by atomic mass is 10.1. The molecule has 3 N–H and O–H groups in total. The summed E-state index contributed by atoms with van der Waals surface area (Å²) < 4.78 is 0. The lowest BCUT2D eigenvalue weighted by molar-refractivity contribution is 0.0951. The van der Waals surface area contributed by atoms with Gasteiger partial charge >= 0.3 is 0 Å². The van der Waals surface area contributed by atoms with Crippen LogP contribution < -0.4 is 16.0 Å². The molecule has 1 heterocycles. The first kappa shape index (κ1) is 14.4. The van der Waals surface area contributed by atoms with Crippen molar-refractivity contribution < 1.29 is 4.79 Å². The molecule has 2 aromatic rings. The molecule has 4 nitrogen and oxygen atoms in total. The van der Waals surface area contributed by atoms with Crippen molar-refractivity contribution in [3.8, 4) is 0 Å². The summed E-state index contributed by atoms with van der Waals surface area (Å²) in [5, 5.41) is 3.00. The minimum absolute atomic E-state index is 0.0772. The molecule has 0 saturated heterocycles. The molecule has 22 heavy (non-hydrogen) atoms. The SMILES string of the molecule is CC(CNC(=O)c1cccc(N)c1)N1CCc2ccccc21. The van der Waals surface area contributed by atoms with Crippen LogP contribution in [0.3, 0.4) is 0 Å². The number of nitrogen functional groups attached to an aromatic ring is 1. The fourth-order valence-corrected chi connectivity index (χ4v) is 2.95. The van der Waals surface area contributed by atoms with E-state index >= 15 is 0 Å². The second-order valence-corrected chi connectivity index (χ2v) is 5.76. The maximum absolute atomic E-state index is 12.2. The predicted octanol–water partition coefficient (Wildman–Crippen LogP) is 2.45. The number of hydrogen-bond acceptors (Lipinski definition) is 3. The summed E-state index contributed by atoms with van der Waals surface area (Å²) in [5.41, 5.74) is 9.60. The van der Waals surface area contributed by atoms with Gasteiger partial charge in [-0.2, -0.15) is 0 Å². The number of benzene rings is 2. The van der Waals surface area contributed by atoms with Crippen LogP contribution in [0.1, 0.15) is 22.8 Å². The summed E-state index contributed by atoms with van der Waals surface area (Å²) >= 11 is 0. The minimum atomic E-state index is -0.0772. The van der Waals surface area contributed by atoms with E-state index < -0.39 is 0 Å². The fourth-order valence-electron chi connectivity index (χ4n) is 2.95. The summed E-state index contributed by atoms with van der Waals surface area (Å²) in [4.78, 5) is 14.5. The molecular weight excluding hydrogens is 274 g/mol. The van der Waals surface area contributed by atoms with Crippen LogP contribution in [0.15, 0.2) is 48.5 Å². The lowest BCUT2D eigenvalue weighted by Crippen LogP contribution is -2.41. The Morgan fingerprint density at radius 3 is 2.91 bits per heavy atom. The number of nitrogens with two attached hydrogens (primary N) is 1. The topological polar surface area (TPSA) is 58.4 Å².